The lowest BCUT2D eigenvalue weighted by Gasteiger charge is -2.64. The number of rotatable bonds is 5. The first kappa shape index (κ1) is 28.8. The van der Waals surface area contributed by atoms with Gasteiger partial charge in [0.1, 0.15) is 41.3 Å². The molecule has 1 fully saturated rings. The third-order valence-electron chi connectivity index (χ3n) is 8.73. The van der Waals surface area contributed by atoms with Gasteiger partial charge in [-0.1, -0.05) is 6.07 Å². The molecule has 12 nitrogen and oxygen atoms in total. The molecule has 12 heteroatoms. The van der Waals surface area contributed by atoms with Gasteiger partial charge >= 0.3 is 5.97 Å². The van der Waals surface area contributed by atoms with Crippen molar-refractivity contribution in [3.63, 3.8) is 0 Å². The average molecular weight is 573 g/mol. The van der Waals surface area contributed by atoms with E-state index in [1.807, 2.05) is 0 Å². The van der Waals surface area contributed by atoms with Crippen LogP contribution in [0.4, 0.5) is 0 Å². The number of benzene rings is 2. The molecule has 2 aliphatic heterocycles. The van der Waals surface area contributed by atoms with Crippen LogP contribution in [0.15, 0.2) is 45.6 Å². The zero-order chi connectivity index (χ0) is 30.2. The van der Waals surface area contributed by atoms with Crippen molar-refractivity contribution in [1.29, 1.82) is 0 Å². The van der Waals surface area contributed by atoms with Crippen molar-refractivity contribution in [2.45, 2.75) is 62.8 Å². The van der Waals surface area contributed by atoms with E-state index in [0.717, 1.165) is 0 Å². The van der Waals surface area contributed by atoms with Crippen LogP contribution in [0.25, 0.3) is 22.1 Å². The van der Waals surface area contributed by atoms with Crippen molar-refractivity contribution in [1.82, 2.24) is 0 Å². The van der Waals surface area contributed by atoms with E-state index < -0.39 is 52.0 Å². The molecule has 5 rings (SSSR count). The van der Waals surface area contributed by atoms with Crippen LogP contribution in [0.5, 0.6) is 17.2 Å². The summed E-state index contributed by atoms with van der Waals surface area (Å²) < 4.78 is 28.8. The van der Waals surface area contributed by atoms with Gasteiger partial charge in [0.25, 0.3) is 0 Å². The summed E-state index contributed by atoms with van der Waals surface area (Å²) in [6, 6.07) is 8.63. The van der Waals surface area contributed by atoms with Gasteiger partial charge in [0.2, 0.25) is 17.0 Å². The lowest BCUT2D eigenvalue weighted by Crippen LogP contribution is -2.85. The van der Waals surface area contributed by atoms with Crippen LogP contribution in [-0.2, 0) is 4.74 Å². The molecule has 0 spiro atoms. The number of hydrogen-bond donors (Lipinski definition) is 5. The zero-order valence-corrected chi connectivity index (χ0v) is 23.2. The van der Waals surface area contributed by atoms with Crippen molar-refractivity contribution in [2.75, 3.05) is 19.8 Å². The molecule has 3 heterocycles. The Kier molecular flexibility index (Phi) is 6.44. The number of carboxylic acids is 1. The van der Waals surface area contributed by atoms with Crippen molar-refractivity contribution in [3.8, 4) is 28.4 Å². The molecule has 2 aromatic carbocycles. The Balaban J connectivity index is 1.60. The van der Waals surface area contributed by atoms with Gasteiger partial charge in [-0.2, -0.15) is 0 Å². The van der Waals surface area contributed by atoms with Gasteiger partial charge in [0.05, 0.1) is 17.6 Å². The van der Waals surface area contributed by atoms with E-state index in [1.54, 1.807) is 6.07 Å². The zero-order valence-electron chi connectivity index (χ0n) is 23.2. The monoisotopic (exact) mass is 572 g/mol. The second kappa shape index (κ2) is 9.16. The van der Waals surface area contributed by atoms with Crippen LogP contribution in [0, 0.1) is 0 Å². The smallest absolute Gasteiger partial charge is 0.372 e. The summed E-state index contributed by atoms with van der Waals surface area (Å²) in [5, 5.41) is 53.9. The molecular weight excluding hydrogens is 540 g/mol. The molecule has 0 aliphatic carbocycles. The first-order valence-corrected chi connectivity index (χ1v) is 12.9. The van der Waals surface area contributed by atoms with Crippen LogP contribution < -0.4 is 19.6 Å². The first-order valence-electron chi connectivity index (χ1n) is 12.9. The molecule has 3 aromatic rings. The van der Waals surface area contributed by atoms with Crippen LogP contribution in [0.1, 0.15) is 45.2 Å². The summed E-state index contributed by atoms with van der Waals surface area (Å²) >= 11 is 0. The molecule has 1 aromatic heterocycles. The Morgan fingerprint density at radius 3 is 2.20 bits per heavy atom. The molecule has 220 valence electrons. The topological polar surface area (TPSA) is 185 Å². The lowest BCUT2D eigenvalue weighted by atomic mass is 9.61. The van der Waals surface area contributed by atoms with Crippen molar-refractivity contribution >= 4 is 16.9 Å². The quantitative estimate of drug-likeness (QED) is 0.300. The summed E-state index contributed by atoms with van der Waals surface area (Å²) in [6.45, 7) is 6.25. The molecule has 5 N–H and O–H groups in total. The van der Waals surface area contributed by atoms with E-state index in [-0.39, 0.29) is 27.8 Å². The van der Waals surface area contributed by atoms with Gasteiger partial charge in [-0.3, -0.25) is 4.79 Å². The Morgan fingerprint density at radius 2 is 1.56 bits per heavy atom. The molecule has 2 aliphatic rings. The van der Waals surface area contributed by atoms with Crippen LogP contribution in [-0.4, -0.2) is 79.5 Å². The number of ether oxygens (including phenoxy) is 4. The molecule has 41 heavy (non-hydrogen) atoms. The number of carbonyl (C=O) groups is 1. The minimum Gasteiger partial charge on any atom is -0.486 e. The van der Waals surface area contributed by atoms with Gasteiger partial charge in [-0.05, 0) is 57.5 Å². The Hall–Kier alpha value is -3.68. The number of aromatic carboxylic acids is 1. The standard InChI is InChI=1S/C29H32O12/c1-25(14-30)26(2,34)27(3,35)28(4,36)29(5,41-25)40-16-7-8-17-19(13-16)39-23(24(32)33)21(22(17)31)15-6-9-18-20(12-15)38-11-10-37-18/h6-9,12-13,30,34-36H,10-11,14H2,1-5H3,(H,32,33)/t25-,26-,27-,28+,29+/m1/s1. The van der Waals surface area contributed by atoms with Gasteiger partial charge in [-0.15, -0.1) is 0 Å². The fraction of sp³-hybridized carbons (Fsp3) is 0.448. The maximum absolute atomic E-state index is 13.6. The highest BCUT2D eigenvalue weighted by atomic mass is 16.7. The summed E-state index contributed by atoms with van der Waals surface area (Å²) in [5.74, 6) is -3.35. The molecule has 0 unspecified atom stereocenters. The molecule has 5 atom stereocenters. The van der Waals surface area contributed by atoms with Crippen LogP contribution >= 0.6 is 0 Å². The molecule has 1 saturated heterocycles. The van der Waals surface area contributed by atoms with Crippen LogP contribution in [0.2, 0.25) is 0 Å². The molecule has 0 saturated carbocycles. The largest absolute Gasteiger partial charge is 0.486 e. The van der Waals surface area contributed by atoms with E-state index in [2.05, 4.69) is 0 Å². The molecule has 0 radical (unpaired) electrons. The summed E-state index contributed by atoms with van der Waals surface area (Å²) in [5.41, 5.74) is -9.10. The van der Waals surface area contributed by atoms with Crippen molar-refractivity contribution < 1.29 is 53.7 Å². The highest BCUT2D eigenvalue weighted by molar-refractivity contribution is 5.97. The second-order valence-corrected chi connectivity index (χ2v) is 11.2. The third-order valence-corrected chi connectivity index (χ3v) is 8.73. The van der Waals surface area contributed by atoms with Crippen LogP contribution in [0.3, 0.4) is 0 Å². The van der Waals surface area contributed by atoms with E-state index in [0.29, 0.717) is 24.7 Å². The number of aliphatic hydroxyl groups is 4. The first-order chi connectivity index (χ1) is 19.0. The van der Waals surface area contributed by atoms with Gasteiger partial charge in [0.15, 0.2) is 17.1 Å². The maximum atomic E-state index is 13.6. The number of aliphatic hydroxyl groups excluding tert-OH is 1. The molecule has 0 amide bonds. The number of hydrogen-bond acceptors (Lipinski definition) is 11. The van der Waals surface area contributed by atoms with E-state index in [9.17, 15) is 35.1 Å². The second-order valence-electron chi connectivity index (χ2n) is 11.2. The van der Waals surface area contributed by atoms with Gasteiger partial charge in [-0.25, -0.2) is 4.79 Å². The Labute approximate surface area is 234 Å². The van der Waals surface area contributed by atoms with Crippen molar-refractivity contribution in [2.24, 2.45) is 0 Å². The van der Waals surface area contributed by atoms with E-state index >= 15 is 0 Å². The molecule has 0 bridgehead atoms. The Morgan fingerprint density at radius 1 is 0.902 bits per heavy atom. The minimum atomic E-state index is -2.26. The summed E-state index contributed by atoms with van der Waals surface area (Å²) in [7, 11) is 0. The SMILES string of the molecule is C[C@]1(Oc2ccc3c(=O)c(-c4ccc5c(c4)OCCO5)c(C(=O)O)oc3c2)O[C@](C)(CO)[C@@](C)(O)[C@@](C)(O)[C@]1(C)O. The average Bonchev–Trinajstić information content (AvgIpc) is 2.91. The van der Waals surface area contributed by atoms with Gasteiger partial charge in [0, 0.05) is 13.0 Å². The summed E-state index contributed by atoms with van der Waals surface area (Å²) in [6.07, 6.45) is 0. The number of fused-ring (bicyclic) bond motifs is 2. The van der Waals surface area contributed by atoms with E-state index in [1.165, 1.54) is 65.0 Å². The highest BCUT2D eigenvalue weighted by Gasteiger charge is 2.75. The maximum Gasteiger partial charge on any atom is 0.372 e. The normalized spacial score (nSPS) is 33.0. The van der Waals surface area contributed by atoms with E-state index in [4.69, 9.17) is 23.4 Å². The van der Waals surface area contributed by atoms with Crippen molar-refractivity contribution in [3.05, 3.63) is 52.4 Å². The highest BCUT2D eigenvalue weighted by Crippen LogP contribution is 2.53. The lowest BCUT2D eigenvalue weighted by molar-refractivity contribution is -0.441. The molecular formula is C29H32O12. The number of carboxylic acid groups (broad SMARTS) is 1. The predicted octanol–water partition coefficient (Wildman–Crippen LogP) is 2.06. The van der Waals surface area contributed by atoms with Gasteiger partial charge < -0.3 is 48.9 Å². The fourth-order valence-electron chi connectivity index (χ4n) is 5.44. The third kappa shape index (κ3) is 4.01. The predicted molar refractivity (Wildman–Crippen MR) is 143 cm³/mol. The summed E-state index contributed by atoms with van der Waals surface area (Å²) in [4.78, 5) is 25.8. The Bertz CT molecular complexity index is 1600. The minimum absolute atomic E-state index is 0.0236. The fourth-order valence-corrected chi connectivity index (χ4v) is 5.44.